The first-order valence-electron chi connectivity index (χ1n) is 5.86. The molecule has 1 atom stereocenters. The van der Waals surface area contributed by atoms with E-state index in [-0.39, 0.29) is 11.6 Å². The summed E-state index contributed by atoms with van der Waals surface area (Å²) in [6, 6.07) is 4.25. The van der Waals surface area contributed by atoms with Gasteiger partial charge in [0.25, 0.3) is 0 Å². The van der Waals surface area contributed by atoms with Crippen molar-refractivity contribution in [1.82, 2.24) is 5.32 Å². The first-order valence-corrected chi connectivity index (χ1v) is 6.74. The van der Waals surface area contributed by atoms with E-state index in [0.717, 1.165) is 19.6 Å². The predicted octanol–water partition coefficient (Wildman–Crippen LogP) is 3.08. The summed E-state index contributed by atoms with van der Waals surface area (Å²) in [5.74, 6) is 0. The van der Waals surface area contributed by atoms with Gasteiger partial charge in [0.2, 0.25) is 0 Å². The second-order valence-electron chi connectivity index (χ2n) is 5.14. The van der Waals surface area contributed by atoms with E-state index in [1.807, 2.05) is 0 Å². The van der Waals surface area contributed by atoms with Crippen LogP contribution in [0.5, 0.6) is 0 Å². The van der Waals surface area contributed by atoms with Crippen molar-refractivity contribution in [1.29, 1.82) is 0 Å². The second kappa shape index (κ2) is 6.38. The highest BCUT2D eigenvalue weighted by Gasteiger charge is 2.11. The van der Waals surface area contributed by atoms with Crippen molar-refractivity contribution in [3.8, 4) is 0 Å². The minimum Gasteiger partial charge on any atom is -0.377 e. The number of thiophene rings is 1. The number of ether oxygens (including phenoxy) is 1. The van der Waals surface area contributed by atoms with Gasteiger partial charge in [-0.3, -0.25) is 0 Å². The molecule has 1 aromatic heterocycles. The fraction of sp³-hybridized carbons (Fsp3) is 0.692. The molecule has 0 aliphatic carbocycles. The quantitative estimate of drug-likeness (QED) is 0.826. The van der Waals surface area contributed by atoms with Crippen molar-refractivity contribution in [2.45, 2.75) is 45.8 Å². The molecule has 2 nitrogen and oxygen atoms in total. The monoisotopic (exact) mass is 241 g/mol. The van der Waals surface area contributed by atoms with Crippen LogP contribution in [0.2, 0.25) is 0 Å². The van der Waals surface area contributed by atoms with Crippen LogP contribution < -0.4 is 5.32 Å². The fourth-order valence-corrected chi connectivity index (χ4v) is 2.01. The largest absolute Gasteiger partial charge is 0.377 e. The molecule has 1 heterocycles. The van der Waals surface area contributed by atoms with Gasteiger partial charge in [-0.15, -0.1) is 11.3 Å². The molecular formula is C13H23NOS. The zero-order chi connectivity index (χ0) is 12.0. The average molecular weight is 241 g/mol. The van der Waals surface area contributed by atoms with Gasteiger partial charge < -0.3 is 10.1 Å². The summed E-state index contributed by atoms with van der Waals surface area (Å²) in [6.07, 6.45) is 1.30. The molecule has 3 heteroatoms. The highest BCUT2D eigenvalue weighted by molar-refractivity contribution is 7.09. The lowest BCUT2D eigenvalue weighted by Crippen LogP contribution is -2.40. The average Bonchev–Trinajstić information content (AvgIpc) is 2.66. The highest BCUT2D eigenvalue weighted by Crippen LogP contribution is 2.09. The van der Waals surface area contributed by atoms with Gasteiger partial charge in [0.05, 0.1) is 12.7 Å². The van der Waals surface area contributed by atoms with E-state index in [1.165, 1.54) is 4.88 Å². The number of rotatable bonds is 6. The first-order chi connectivity index (χ1) is 7.47. The zero-order valence-corrected chi connectivity index (χ0v) is 11.6. The third kappa shape index (κ3) is 6.26. The minimum absolute atomic E-state index is 0.172. The molecule has 16 heavy (non-hydrogen) atoms. The van der Waals surface area contributed by atoms with Crippen molar-refractivity contribution < 1.29 is 4.74 Å². The Kier molecular flexibility index (Phi) is 5.46. The summed E-state index contributed by atoms with van der Waals surface area (Å²) >= 11 is 1.80. The molecule has 0 spiro atoms. The Hall–Kier alpha value is -0.380. The number of hydrogen-bond donors (Lipinski definition) is 1. The molecule has 1 N–H and O–H groups in total. The molecular weight excluding hydrogens is 218 g/mol. The molecule has 0 aliphatic heterocycles. The van der Waals surface area contributed by atoms with Crippen molar-refractivity contribution in [2.75, 3.05) is 13.2 Å². The van der Waals surface area contributed by atoms with E-state index in [1.54, 1.807) is 11.3 Å². The molecule has 92 valence electrons. The van der Waals surface area contributed by atoms with Crippen molar-refractivity contribution >= 4 is 11.3 Å². The van der Waals surface area contributed by atoms with Crippen molar-refractivity contribution in [3.63, 3.8) is 0 Å². The molecule has 0 radical (unpaired) electrons. The summed E-state index contributed by atoms with van der Waals surface area (Å²) in [7, 11) is 0. The van der Waals surface area contributed by atoms with E-state index >= 15 is 0 Å². The standard InChI is InChI=1S/C13H23NOS/c1-11(10-14-13(2,3)4)15-8-7-12-6-5-9-16-12/h5-6,9,11,14H,7-8,10H2,1-4H3. The third-order valence-electron chi connectivity index (χ3n) is 2.25. The molecule has 0 fully saturated rings. The van der Waals surface area contributed by atoms with Crippen LogP contribution in [0, 0.1) is 0 Å². The van der Waals surface area contributed by atoms with Gasteiger partial charge in [-0.05, 0) is 39.1 Å². The first kappa shape index (κ1) is 13.7. The third-order valence-corrected chi connectivity index (χ3v) is 3.19. The Balaban J connectivity index is 2.09. The molecule has 0 bridgehead atoms. The lowest BCUT2D eigenvalue weighted by Gasteiger charge is -2.23. The second-order valence-corrected chi connectivity index (χ2v) is 6.17. The summed E-state index contributed by atoms with van der Waals surface area (Å²) in [5.41, 5.74) is 0.172. The molecule has 0 saturated heterocycles. The lowest BCUT2D eigenvalue weighted by atomic mass is 10.1. The molecule has 1 aromatic rings. The zero-order valence-electron chi connectivity index (χ0n) is 10.7. The van der Waals surface area contributed by atoms with Crippen LogP contribution in [0.1, 0.15) is 32.6 Å². The van der Waals surface area contributed by atoms with Crippen LogP contribution in [0.15, 0.2) is 17.5 Å². The topological polar surface area (TPSA) is 21.3 Å². The van der Waals surface area contributed by atoms with Gasteiger partial charge in [0, 0.05) is 23.4 Å². The molecule has 0 amide bonds. The normalized spacial score (nSPS) is 14.0. The summed E-state index contributed by atoms with van der Waals surface area (Å²) in [5, 5.41) is 5.55. The maximum Gasteiger partial charge on any atom is 0.0671 e. The maximum absolute atomic E-state index is 5.75. The van der Waals surface area contributed by atoms with Crippen LogP contribution >= 0.6 is 11.3 Å². The fourth-order valence-electron chi connectivity index (χ4n) is 1.32. The van der Waals surface area contributed by atoms with Crippen LogP contribution in [0.3, 0.4) is 0 Å². The summed E-state index contributed by atoms with van der Waals surface area (Å²) < 4.78 is 5.75. The van der Waals surface area contributed by atoms with Gasteiger partial charge in [-0.1, -0.05) is 6.07 Å². The molecule has 0 saturated carbocycles. The maximum atomic E-state index is 5.75. The van der Waals surface area contributed by atoms with Crippen LogP contribution in [0.25, 0.3) is 0 Å². The van der Waals surface area contributed by atoms with Crippen LogP contribution in [-0.2, 0) is 11.2 Å². The Morgan fingerprint density at radius 2 is 2.19 bits per heavy atom. The molecule has 0 aromatic carbocycles. The van der Waals surface area contributed by atoms with Gasteiger partial charge >= 0.3 is 0 Å². The number of nitrogens with one attached hydrogen (secondary N) is 1. The smallest absolute Gasteiger partial charge is 0.0671 e. The van der Waals surface area contributed by atoms with Gasteiger partial charge in [0.1, 0.15) is 0 Å². The van der Waals surface area contributed by atoms with E-state index in [4.69, 9.17) is 4.74 Å². The van der Waals surface area contributed by atoms with E-state index < -0.39 is 0 Å². The van der Waals surface area contributed by atoms with Crippen molar-refractivity contribution in [2.24, 2.45) is 0 Å². The van der Waals surface area contributed by atoms with E-state index in [0.29, 0.717) is 0 Å². The molecule has 0 aliphatic rings. The van der Waals surface area contributed by atoms with Gasteiger partial charge in [-0.2, -0.15) is 0 Å². The lowest BCUT2D eigenvalue weighted by molar-refractivity contribution is 0.0640. The predicted molar refractivity (Wildman–Crippen MR) is 71.2 cm³/mol. The van der Waals surface area contributed by atoms with Gasteiger partial charge in [-0.25, -0.2) is 0 Å². The Bertz CT molecular complexity index is 277. The highest BCUT2D eigenvalue weighted by atomic mass is 32.1. The summed E-state index contributed by atoms with van der Waals surface area (Å²) in [4.78, 5) is 1.40. The van der Waals surface area contributed by atoms with Crippen molar-refractivity contribution in [3.05, 3.63) is 22.4 Å². The SMILES string of the molecule is CC(CNC(C)(C)C)OCCc1cccs1. The Morgan fingerprint density at radius 3 is 2.75 bits per heavy atom. The molecule has 1 unspecified atom stereocenters. The van der Waals surface area contributed by atoms with Crippen LogP contribution in [0.4, 0.5) is 0 Å². The minimum atomic E-state index is 0.172. The molecule has 1 rings (SSSR count). The number of hydrogen-bond acceptors (Lipinski definition) is 3. The Labute approximate surface area is 103 Å². The van der Waals surface area contributed by atoms with Gasteiger partial charge in [0.15, 0.2) is 0 Å². The van der Waals surface area contributed by atoms with Crippen LogP contribution in [-0.4, -0.2) is 24.8 Å². The van der Waals surface area contributed by atoms with E-state index in [9.17, 15) is 0 Å². The van der Waals surface area contributed by atoms with E-state index in [2.05, 4.69) is 50.5 Å². The summed E-state index contributed by atoms with van der Waals surface area (Å²) in [6.45, 7) is 10.4. The Morgan fingerprint density at radius 1 is 1.44 bits per heavy atom.